The predicted octanol–water partition coefficient (Wildman–Crippen LogP) is 12.1. The molecule has 0 heterocycles. The standard InChI is InChI=1S/C37H68O4/c1-3-5-7-9-11-13-15-16-17-18-19-20-21-22-24-26-28-30-32-34-36(38)41-35(37(39)40)33-31-29-27-25-23-14-12-10-8-6-4-2/h11,13,16-17,35H,3-10,12,14-15,18-34H2,1-2H3,(H,39,40)/b13-11-,17-16-. The largest absolute Gasteiger partial charge is 0.479 e. The molecule has 0 spiro atoms. The molecule has 0 aromatic rings. The lowest BCUT2D eigenvalue weighted by Crippen LogP contribution is -2.27. The van der Waals surface area contributed by atoms with Crippen molar-refractivity contribution in [3.8, 4) is 0 Å². The van der Waals surface area contributed by atoms with Gasteiger partial charge >= 0.3 is 11.9 Å². The van der Waals surface area contributed by atoms with Crippen molar-refractivity contribution in [3.63, 3.8) is 0 Å². The van der Waals surface area contributed by atoms with Gasteiger partial charge in [-0.1, -0.05) is 160 Å². The molecule has 240 valence electrons. The molecule has 4 nitrogen and oxygen atoms in total. The molecule has 0 aromatic carbocycles. The van der Waals surface area contributed by atoms with Gasteiger partial charge in [0.1, 0.15) is 0 Å². The molecular formula is C37H68O4. The molecular weight excluding hydrogens is 508 g/mol. The van der Waals surface area contributed by atoms with Gasteiger partial charge in [-0.2, -0.15) is 0 Å². The molecule has 0 saturated carbocycles. The molecule has 0 radical (unpaired) electrons. The second kappa shape index (κ2) is 32.9. The Hall–Kier alpha value is -1.58. The van der Waals surface area contributed by atoms with Crippen LogP contribution >= 0.6 is 0 Å². The fraction of sp³-hybridized carbons (Fsp3) is 0.838. The van der Waals surface area contributed by atoms with Crippen LogP contribution in [0.1, 0.15) is 194 Å². The van der Waals surface area contributed by atoms with Crippen LogP contribution in [0.4, 0.5) is 0 Å². The Kier molecular flexibility index (Phi) is 31.7. The van der Waals surface area contributed by atoms with Gasteiger partial charge in [-0.25, -0.2) is 4.79 Å². The van der Waals surface area contributed by atoms with Crippen LogP contribution in [0.2, 0.25) is 0 Å². The first-order valence-electron chi connectivity index (χ1n) is 17.8. The maximum absolute atomic E-state index is 12.1. The molecule has 0 amide bonds. The van der Waals surface area contributed by atoms with Gasteiger partial charge in [0.2, 0.25) is 0 Å². The number of carbonyl (C=O) groups excluding carboxylic acids is 1. The zero-order valence-corrected chi connectivity index (χ0v) is 27.4. The Balaban J connectivity index is 3.55. The Morgan fingerprint density at radius 3 is 1.41 bits per heavy atom. The lowest BCUT2D eigenvalue weighted by Gasteiger charge is -2.13. The average Bonchev–Trinajstić information content (AvgIpc) is 2.96. The number of carboxylic acids is 1. The number of hydrogen-bond acceptors (Lipinski definition) is 3. The Bertz CT molecular complexity index is 624. The highest BCUT2D eigenvalue weighted by Gasteiger charge is 2.21. The van der Waals surface area contributed by atoms with E-state index in [1.165, 1.54) is 122 Å². The molecule has 0 aliphatic heterocycles. The van der Waals surface area contributed by atoms with Crippen molar-refractivity contribution in [3.05, 3.63) is 24.3 Å². The number of unbranched alkanes of at least 4 members (excludes halogenated alkanes) is 22. The van der Waals surface area contributed by atoms with E-state index >= 15 is 0 Å². The summed E-state index contributed by atoms with van der Waals surface area (Å²) in [6.45, 7) is 4.49. The zero-order valence-electron chi connectivity index (χ0n) is 27.4. The van der Waals surface area contributed by atoms with Crippen LogP contribution in [0.5, 0.6) is 0 Å². The van der Waals surface area contributed by atoms with E-state index in [4.69, 9.17) is 4.74 Å². The summed E-state index contributed by atoms with van der Waals surface area (Å²) in [5, 5.41) is 9.43. The topological polar surface area (TPSA) is 63.6 Å². The summed E-state index contributed by atoms with van der Waals surface area (Å²) in [5.41, 5.74) is 0. The van der Waals surface area contributed by atoms with E-state index in [9.17, 15) is 14.7 Å². The van der Waals surface area contributed by atoms with E-state index in [1.54, 1.807) is 0 Å². The van der Waals surface area contributed by atoms with E-state index in [0.717, 1.165) is 44.9 Å². The summed E-state index contributed by atoms with van der Waals surface area (Å²) in [6, 6.07) is 0. The van der Waals surface area contributed by atoms with Gasteiger partial charge in [-0.15, -0.1) is 0 Å². The van der Waals surface area contributed by atoms with Crippen LogP contribution in [-0.4, -0.2) is 23.1 Å². The first kappa shape index (κ1) is 39.4. The minimum Gasteiger partial charge on any atom is -0.479 e. The maximum atomic E-state index is 12.1. The highest BCUT2D eigenvalue weighted by Crippen LogP contribution is 2.15. The van der Waals surface area contributed by atoms with E-state index in [0.29, 0.717) is 12.8 Å². The van der Waals surface area contributed by atoms with Crippen molar-refractivity contribution >= 4 is 11.9 Å². The molecule has 0 aliphatic rings. The number of aliphatic carboxylic acids is 1. The SMILES string of the molecule is CCCCC/C=C\C/C=C\CCCCCCCCCCCC(=O)OC(CCCCCCCCCCCCC)C(=O)O. The van der Waals surface area contributed by atoms with Crippen LogP contribution in [0.25, 0.3) is 0 Å². The molecule has 0 bridgehead atoms. The summed E-state index contributed by atoms with van der Waals surface area (Å²) in [6.07, 6.45) is 40.6. The number of hydrogen-bond donors (Lipinski definition) is 1. The third kappa shape index (κ3) is 31.2. The average molecular weight is 577 g/mol. The lowest BCUT2D eigenvalue weighted by molar-refractivity contribution is -0.164. The number of rotatable bonds is 32. The van der Waals surface area contributed by atoms with Gasteiger partial charge in [-0.3, -0.25) is 4.79 Å². The van der Waals surface area contributed by atoms with Gasteiger partial charge in [0.15, 0.2) is 6.10 Å². The highest BCUT2D eigenvalue weighted by molar-refractivity contribution is 5.77. The van der Waals surface area contributed by atoms with Gasteiger partial charge in [-0.05, 0) is 51.4 Å². The van der Waals surface area contributed by atoms with Crippen LogP contribution in [-0.2, 0) is 14.3 Å². The molecule has 0 aromatic heterocycles. The van der Waals surface area contributed by atoms with Crippen molar-refractivity contribution in [2.24, 2.45) is 0 Å². The third-order valence-corrected chi connectivity index (χ3v) is 7.95. The van der Waals surface area contributed by atoms with Crippen molar-refractivity contribution in [2.75, 3.05) is 0 Å². The number of ether oxygens (including phenoxy) is 1. The van der Waals surface area contributed by atoms with E-state index in [2.05, 4.69) is 38.2 Å². The molecule has 0 aliphatic carbocycles. The van der Waals surface area contributed by atoms with E-state index in [-0.39, 0.29) is 5.97 Å². The highest BCUT2D eigenvalue weighted by atomic mass is 16.6. The van der Waals surface area contributed by atoms with Crippen LogP contribution < -0.4 is 0 Å². The Morgan fingerprint density at radius 2 is 0.927 bits per heavy atom. The van der Waals surface area contributed by atoms with Gasteiger partial charge in [0.25, 0.3) is 0 Å². The number of carboxylic acid groups (broad SMARTS) is 1. The summed E-state index contributed by atoms with van der Waals surface area (Å²) >= 11 is 0. The van der Waals surface area contributed by atoms with Gasteiger partial charge in [0, 0.05) is 6.42 Å². The van der Waals surface area contributed by atoms with Gasteiger partial charge < -0.3 is 9.84 Å². The van der Waals surface area contributed by atoms with Crippen molar-refractivity contribution in [1.82, 2.24) is 0 Å². The maximum Gasteiger partial charge on any atom is 0.345 e. The lowest BCUT2D eigenvalue weighted by atomic mass is 10.0. The van der Waals surface area contributed by atoms with Crippen LogP contribution in [0.15, 0.2) is 24.3 Å². The van der Waals surface area contributed by atoms with E-state index in [1.807, 2.05) is 0 Å². The molecule has 41 heavy (non-hydrogen) atoms. The second-order valence-corrected chi connectivity index (χ2v) is 12.0. The van der Waals surface area contributed by atoms with Crippen molar-refractivity contribution in [1.29, 1.82) is 0 Å². The number of carbonyl (C=O) groups is 2. The first-order chi connectivity index (χ1) is 20.1. The minimum absolute atomic E-state index is 0.338. The van der Waals surface area contributed by atoms with Gasteiger partial charge in [0.05, 0.1) is 0 Å². The third-order valence-electron chi connectivity index (χ3n) is 7.95. The summed E-state index contributed by atoms with van der Waals surface area (Å²) in [5.74, 6) is -1.36. The quantitative estimate of drug-likeness (QED) is 0.0491. The van der Waals surface area contributed by atoms with E-state index < -0.39 is 12.1 Å². The molecule has 0 saturated heterocycles. The molecule has 1 atom stereocenters. The smallest absolute Gasteiger partial charge is 0.345 e. The molecule has 0 fully saturated rings. The minimum atomic E-state index is -1.01. The fourth-order valence-corrected chi connectivity index (χ4v) is 5.23. The van der Waals surface area contributed by atoms with Crippen molar-refractivity contribution < 1.29 is 19.4 Å². The van der Waals surface area contributed by atoms with Crippen LogP contribution in [0, 0.1) is 0 Å². The second-order valence-electron chi connectivity index (χ2n) is 12.0. The molecule has 4 heteroatoms. The monoisotopic (exact) mass is 577 g/mol. The zero-order chi connectivity index (χ0) is 30.1. The summed E-state index contributed by atoms with van der Waals surface area (Å²) in [4.78, 5) is 23.7. The Morgan fingerprint density at radius 1 is 0.537 bits per heavy atom. The van der Waals surface area contributed by atoms with Crippen molar-refractivity contribution in [2.45, 2.75) is 200 Å². The molecule has 1 unspecified atom stereocenters. The number of allylic oxidation sites excluding steroid dienone is 4. The normalized spacial score (nSPS) is 12.4. The number of esters is 1. The van der Waals surface area contributed by atoms with Crippen LogP contribution in [0.3, 0.4) is 0 Å². The summed E-state index contributed by atoms with van der Waals surface area (Å²) in [7, 11) is 0. The predicted molar refractivity (Wildman–Crippen MR) is 176 cm³/mol. The molecule has 0 rings (SSSR count). The Labute approximate surface area is 255 Å². The fourth-order valence-electron chi connectivity index (χ4n) is 5.23. The first-order valence-corrected chi connectivity index (χ1v) is 17.8. The summed E-state index contributed by atoms with van der Waals surface area (Å²) < 4.78 is 5.29. The molecule has 1 N–H and O–H groups in total.